The largest absolute Gasteiger partial charge is 0.466 e. The van der Waals surface area contributed by atoms with Gasteiger partial charge in [-0.2, -0.15) is 0 Å². The first-order valence-corrected chi connectivity index (χ1v) is 19.8. The van der Waals surface area contributed by atoms with Crippen LogP contribution in [0.5, 0.6) is 0 Å². The molecule has 0 radical (unpaired) electrons. The Hall–Kier alpha value is -2.12. The Morgan fingerprint density at radius 3 is 1.46 bits per heavy atom. The van der Waals surface area contributed by atoms with E-state index in [4.69, 9.17) is 14.9 Å². The van der Waals surface area contributed by atoms with Crippen LogP contribution in [-0.4, -0.2) is 86.2 Å². The van der Waals surface area contributed by atoms with Crippen LogP contribution >= 0.6 is 0 Å². The lowest BCUT2D eigenvalue weighted by Crippen LogP contribution is -2.26. The predicted octanol–water partition coefficient (Wildman–Crippen LogP) is 7.62. The maximum Gasteiger partial charge on any atom is 0.312 e. The van der Waals surface area contributed by atoms with Crippen molar-refractivity contribution < 1.29 is 34.2 Å². The van der Waals surface area contributed by atoms with Gasteiger partial charge in [-0.25, -0.2) is 0 Å². The van der Waals surface area contributed by atoms with Gasteiger partial charge in [0.15, 0.2) is 0 Å². The van der Waals surface area contributed by atoms with E-state index in [1.165, 1.54) is 38.3 Å². The predicted molar refractivity (Wildman–Crippen MR) is 220 cm³/mol. The number of hydrogen-bond donors (Lipinski definition) is 5. The first-order chi connectivity index (χ1) is 24.5. The molecule has 7 unspecified atom stereocenters. The van der Waals surface area contributed by atoms with Crippen molar-refractivity contribution in [1.29, 1.82) is 0 Å². The molecular weight excluding hydrogens is 664 g/mol. The number of hydrogen-bond acceptors (Lipinski definition) is 11. The lowest BCUT2D eigenvalue weighted by molar-refractivity contribution is -0.517. The molecule has 52 heavy (non-hydrogen) atoms. The number of rotatable bonds is 16. The zero-order valence-electron chi connectivity index (χ0n) is 36.8. The van der Waals surface area contributed by atoms with Gasteiger partial charge in [-0.3, -0.25) is 14.9 Å². The van der Waals surface area contributed by atoms with E-state index in [1.54, 1.807) is 20.9 Å². The van der Waals surface area contributed by atoms with Crippen molar-refractivity contribution in [3.05, 3.63) is 21.9 Å². The molecule has 0 heterocycles. The van der Waals surface area contributed by atoms with Crippen molar-refractivity contribution in [1.82, 2.24) is 10.6 Å². The van der Waals surface area contributed by atoms with Gasteiger partial charge in [-0.05, 0) is 83.6 Å². The third-order valence-electron chi connectivity index (χ3n) is 8.96. The van der Waals surface area contributed by atoms with Crippen LogP contribution in [-0.2, 0) is 19.1 Å². The number of likely N-dealkylation sites (N-methyl/N-ethyl adjacent to an activating group) is 1. The lowest BCUT2D eigenvalue weighted by Gasteiger charge is -2.28. The van der Waals surface area contributed by atoms with Crippen molar-refractivity contribution >= 4 is 12.3 Å². The first-order valence-electron chi connectivity index (χ1n) is 19.8. The molecule has 7 atom stereocenters. The van der Waals surface area contributed by atoms with Crippen LogP contribution in [0.3, 0.4) is 0 Å². The molecule has 0 aromatic heterocycles. The van der Waals surface area contributed by atoms with Crippen molar-refractivity contribution in [2.24, 2.45) is 41.2 Å². The fraction of sp³-hybridized carbons (Fsp3) is 0.900. The third-order valence-corrected chi connectivity index (χ3v) is 8.96. The number of nitrogens with one attached hydrogen (secondary N) is 2. The van der Waals surface area contributed by atoms with Gasteiger partial charge in [0.25, 0.3) is 0 Å². The highest BCUT2D eigenvalue weighted by atomic mass is 16.6. The topological polar surface area (TPSA) is 186 Å². The quantitative estimate of drug-likeness (QED) is 0.0343. The smallest absolute Gasteiger partial charge is 0.312 e. The summed E-state index contributed by atoms with van der Waals surface area (Å²) in [4.78, 5) is 29.8. The average Bonchev–Trinajstić information content (AvgIpc) is 3.46. The van der Waals surface area contributed by atoms with Gasteiger partial charge < -0.3 is 40.8 Å². The first kappa shape index (κ1) is 61.9. The number of aldehydes is 1. The van der Waals surface area contributed by atoms with Crippen LogP contribution in [0, 0.1) is 45.6 Å². The Balaban J connectivity index is -0.000000139. The van der Waals surface area contributed by atoms with Gasteiger partial charge in [0.1, 0.15) is 12.7 Å². The minimum atomic E-state index is -0.853. The molecule has 316 valence electrons. The minimum Gasteiger partial charge on any atom is -0.466 e. The molecule has 12 heteroatoms. The summed E-state index contributed by atoms with van der Waals surface area (Å²) in [6.07, 6.45) is 9.37. The molecule has 0 bridgehead atoms. The molecule has 0 aromatic rings. The second-order valence-corrected chi connectivity index (χ2v) is 12.7. The van der Waals surface area contributed by atoms with Crippen LogP contribution in [0.4, 0.5) is 0 Å². The summed E-state index contributed by atoms with van der Waals surface area (Å²) < 4.78 is 10.8. The number of nitro groups is 1. The standard InChI is InChI=1S/C19H38O.C6H11NO4.C5H11N.C4H9NO.C3H8O.C2H6.CH5NO/c1-8-15-16(9-2)18(11-4)19(17(15)10-3)12-20-14(7)13(5)6;1-3-11-6(8)4-5(2)7(9)10;1-4-5(2)6-3;1-4(3-6)5-2;1-2-3-4;1-2;2-1-3/h13-19H,8-12H2,1-7H3;5H,3-4H2,1-2H3;4,6H,1-3H3;3-5H,1-2H3;4H,2-3H2,1H3;1-2H3;3H,1-2H2/b;;5-4+;;;;. The summed E-state index contributed by atoms with van der Waals surface area (Å²) in [5, 5.41) is 31.0. The number of aliphatic hydroxyl groups is 2. The monoisotopic (exact) mass is 753 g/mol. The van der Waals surface area contributed by atoms with E-state index in [1.807, 2.05) is 47.7 Å². The van der Waals surface area contributed by atoms with Crippen LogP contribution in [0.15, 0.2) is 11.8 Å². The molecule has 0 aromatic carbocycles. The third kappa shape index (κ3) is 34.9. The lowest BCUT2D eigenvalue weighted by atomic mass is 9.82. The molecule has 0 saturated heterocycles. The number of carbonyl (C=O) groups is 2. The van der Waals surface area contributed by atoms with E-state index >= 15 is 0 Å². The Kier molecular flexibility index (Phi) is 53.6. The maximum atomic E-state index is 10.6. The summed E-state index contributed by atoms with van der Waals surface area (Å²) in [5.41, 5.74) is 5.62. The second kappa shape index (κ2) is 45.0. The highest BCUT2D eigenvalue weighted by molar-refractivity contribution is 5.69. The van der Waals surface area contributed by atoms with Gasteiger partial charge in [-0.15, -0.1) is 0 Å². The Labute approximate surface area is 321 Å². The van der Waals surface area contributed by atoms with Gasteiger partial charge in [-0.1, -0.05) is 94.1 Å². The molecule has 12 nitrogen and oxygen atoms in total. The van der Waals surface area contributed by atoms with E-state index in [0.29, 0.717) is 18.6 Å². The van der Waals surface area contributed by atoms with E-state index < -0.39 is 16.9 Å². The van der Waals surface area contributed by atoms with Crippen molar-refractivity contribution in [3.8, 4) is 0 Å². The molecule has 0 spiro atoms. The maximum absolute atomic E-state index is 10.6. The molecule has 1 fully saturated rings. The number of nitrogens with two attached hydrogens (primary N) is 1. The Morgan fingerprint density at radius 2 is 1.27 bits per heavy atom. The van der Waals surface area contributed by atoms with Gasteiger partial charge in [0.05, 0.1) is 32.1 Å². The number of nitrogens with zero attached hydrogens (tertiary/aromatic N) is 1. The Bertz CT molecular complexity index is 782. The summed E-state index contributed by atoms with van der Waals surface area (Å²) in [6.45, 7) is 32.4. The summed E-state index contributed by atoms with van der Waals surface area (Å²) in [6, 6.07) is -0.848. The Morgan fingerprint density at radius 1 is 0.885 bits per heavy atom. The SMILES string of the molecule is C/C=C(\C)NC.CC.CCC1C(CC)C(CC)C(COC(C)C(C)C)C1CC.CCCO.CCOC(=O)CC(C)[N+](=O)[O-].CNC(C)C=O.NCO. The average molecular weight is 753 g/mol. The fourth-order valence-corrected chi connectivity index (χ4v) is 5.46. The zero-order chi connectivity index (χ0) is 42.2. The number of ether oxygens (including phenoxy) is 2. The summed E-state index contributed by atoms with van der Waals surface area (Å²) in [7, 11) is 3.66. The molecule has 6 N–H and O–H groups in total. The van der Waals surface area contributed by atoms with E-state index in [2.05, 4.69) is 69.6 Å². The van der Waals surface area contributed by atoms with Crippen LogP contribution < -0.4 is 16.4 Å². The summed E-state index contributed by atoms with van der Waals surface area (Å²) in [5.74, 6) is 4.53. The molecule has 0 aliphatic heterocycles. The van der Waals surface area contributed by atoms with Crippen molar-refractivity contribution in [3.63, 3.8) is 0 Å². The van der Waals surface area contributed by atoms with E-state index in [-0.39, 0.29) is 25.8 Å². The second-order valence-electron chi connectivity index (χ2n) is 12.7. The van der Waals surface area contributed by atoms with Gasteiger partial charge >= 0.3 is 5.97 Å². The molecular formula is C40H88N4O8. The summed E-state index contributed by atoms with van der Waals surface area (Å²) >= 11 is 0. The molecule has 1 rings (SSSR count). The van der Waals surface area contributed by atoms with Crippen LogP contribution in [0.2, 0.25) is 0 Å². The molecule has 1 aliphatic carbocycles. The number of esters is 1. The molecule has 1 saturated carbocycles. The highest BCUT2D eigenvalue weighted by Gasteiger charge is 2.46. The zero-order valence-corrected chi connectivity index (χ0v) is 36.8. The van der Waals surface area contributed by atoms with Gasteiger partial charge in [0.2, 0.25) is 6.04 Å². The fourth-order valence-electron chi connectivity index (χ4n) is 5.46. The van der Waals surface area contributed by atoms with E-state index in [9.17, 15) is 19.7 Å². The minimum absolute atomic E-state index is 0.00463. The number of carbonyl (C=O) groups excluding carboxylic acids is 2. The van der Waals surface area contributed by atoms with Crippen LogP contribution in [0.1, 0.15) is 142 Å². The van der Waals surface area contributed by atoms with Crippen molar-refractivity contribution in [2.45, 2.75) is 161 Å². The number of aliphatic hydroxyl groups excluding tert-OH is 2. The van der Waals surface area contributed by atoms with E-state index in [0.717, 1.165) is 48.9 Å². The normalized spacial score (nSPS) is 20.2. The molecule has 1 aliphatic rings. The molecule has 0 amide bonds. The van der Waals surface area contributed by atoms with Crippen LogP contribution in [0.25, 0.3) is 0 Å². The van der Waals surface area contributed by atoms with Crippen molar-refractivity contribution in [2.75, 3.05) is 40.6 Å². The number of allylic oxidation sites excluding steroid dienone is 2. The van der Waals surface area contributed by atoms with Gasteiger partial charge in [0, 0.05) is 31.2 Å². The highest BCUT2D eigenvalue weighted by Crippen LogP contribution is 2.51.